The van der Waals surface area contributed by atoms with E-state index in [4.69, 9.17) is 11.6 Å². The Labute approximate surface area is 132 Å². The second kappa shape index (κ2) is 7.81. The molecule has 1 aliphatic rings. The lowest BCUT2D eigenvalue weighted by molar-refractivity contribution is -0.127. The summed E-state index contributed by atoms with van der Waals surface area (Å²) in [7, 11) is 0. The SMILES string of the molecule is CC[C@H](C)NC(=O)C1CCN(Cc2ccc(Cl)cc2)CC1. The normalized spacial score (nSPS) is 18.4. The summed E-state index contributed by atoms with van der Waals surface area (Å²) in [6.45, 7) is 7.08. The minimum Gasteiger partial charge on any atom is -0.353 e. The van der Waals surface area contributed by atoms with Crippen molar-refractivity contribution in [2.24, 2.45) is 5.92 Å². The monoisotopic (exact) mass is 308 g/mol. The van der Waals surface area contributed by atoms with Gasteiger partial charge in [0.15, 0.2) is 0 Å². The fraction of sp³-hybridized carbons (Fsp3) is 0.588. The van der Waals surface area contributed by atoms with E-state index in [2.05, 4.69) is 36.2 Å². The van der Waals surface area contributed by atoms with Crippen LogP contribution in [-0.4, -0.2) is 29.9 Å². The van der Waals surface area contributed by atoms with Gasteiger partial charge in [-0.2, -0.15) is 0 Å². The van der Waals surface area contributed by atoms with E-state index in [1.54, 1.807) is 0 Å². The smallest absolute Gasteiger partial charge is 0.223 e. The topological polar surface area (TPSA) is 32.3 Å². The van der Waals surface area contributed by atoms with Gasteiger partial charge in [-0.1, -0.05) is 30.7 Å². The van der Waals surface area contributed by atoms with Crippen molar-refractivity contribution in [3.8, 4) is 0 Å². The molecule has 2 rings (SSSR count). The number of carbonyl (C=O) groups is 1. The van der Waals surface area contributed by atoms with Crippen LogP contribution >= 0.6 is 11.6 Å². The van der Waals surface area contributed by atoms with Crippen LogP contribution in [0.3, 0.4) is 0 Å². The van der Waals surface area contributed by atoms with Gasteiger partial charge in [0.25, 0.3) is 0 Å². The molecule has 0 bridgehead atoms. The van der Waals surface area contributed by atoms with Crippen molar-refractivity contribution >= 4 is 17.5 Å². The van der Waals surface area contributed by atoms with Crippen LogP contribution in [0.15, 0.2) is 24.3 Å². The number of rotatable bonds is 5. The van der Waals surface area contributed by atoms with E-state index in [1.807, 2.05) is 12.1 Å². The molecule has 0 spiro atoms. The molecule has 1 heterocycles. The summed E-state index contributed by atoms with van der Waals surface area (Å²) in [5.41, 5.74) is 1.28. The summed E-state index contributed by atoms with van der Waals surface area (Å²) < 4.78 is 0. The van der Waals surface area contributed by atoms with E-state index in [9.17, 15) is 4.79 Å². The van der Waals surface area contributed by atoms with Crippen molar-refractivity contribution in [2.45, 2.75) is 45.7 Å². The number of amides is 1. The van der Waals surface area contributed by atoms with Crippen LogP contribution < -0.4 is 5.32 Å². The number of piperidine rings is 1. The third kappa shape index (κ3) is 5.01. The second-order valence-electron chi connectivity index (χ2n) is 5.99. The van der Waals surface area contributed by atoms with Gasteiger partial charge in [-0.15, -0.1) is 0 Å². The van der Waals surface area contributed by atoms with Gasteiger partial charge in [-0.25, -0.2) is 0 Å². The molecule has 0 unspecified atom stereocenters. The first-order chi connectivity index (χ1) is 10.1. The highest BCUT2D eigenvalue weighted by Crippen LogP contribution is 2.20. The van der Waals surface area contributed by atoms with Crippen molar-refractivity contribution in [3.63, 3.8) is 0 Å². The van der Waals surface area contributed by atoms with E-state index in [1.165, 1.54) is 5.56 Å². The third-order valence-electron chi connectivity index (χ3n) is 4.28. The summed E-state index contributed by atoms with van der Waals surface area (Å²) in [6.07, 6.45) is 2.90. The predicted molar refractivity (Wildman–Crippen MR) is 87.3 cm³/mol. The van der Waals surface area contributed by atoms with Crippen molar-refractivity contribution in [1.29, 1.82) is 0 Å². The number of carbonyl (C=O) groups excluding carboxylic acids is 1. The highest BCUT2D eigenvalue weighted by molar-refractivity contribution is 6.30. The molecule has 1 atom stereocenters. The van der Waals surface area contributed by atoms with Gasteiger partial charge in [-0.3, -0.25) is 9.69 Å². The number of halogens is 1. The number of benzene rings is 1. The maximum atomic E-state index is 12.1. The molecule has 3 nitrogen and oxygen atoms in total. The summed E-state index contributed by atoms with van der Waals surface area (Å²) in [6, 6.07) is 8.30. The lowest BCUT2D eigenvalue weighted by Crippen LogP contribution is -2.42. The fourth-order valence-electron chi connectivity index (χ4n) is 2.66. The maximum Gasteiger partial charge on any atom is 0.223 e. The lowest BCUT2D eigenvalue weighted by Gasteiger charge is -2.31. The predicted octanol–water partition coefficient (Wildman–Crippen LogP) is 3.47. The molecule has 1 amide bonds. The number of hydrogen-bond donors (Lipinski definition) is 1. The Kier molecular flexibility index (Phi) is 6.07. The molecule has 4 heteroatoms. The number of nitrogens with one attached hydrogen (secondary N) is 1. The van der Waals surface area contributed by atoms with Gasteiger partial charge in [0.1, 0.15) is 0 Å². The van der Waals surface area contributed by atoms with Gasteiger partial charge in [0.2, 0.25) is 5.91 Å². The molecule has 1 aliphatic heterocycles. The van der Waals surface area contributed by atoms with Crippen molar-refractivity contribution in [3.05, 3.63) is 34.9 Å². The molecule has 1 aromatic rings. The molecule has 1 N–H and O–H groups in total. The number of hydrogen-bond acceptors (Lipinski definition) is 2. The Bertz CT molecular complexity index is 452. The van der Waals surface area contributed by atoms with Crippen molar-refractivity contribution in [2.75, 3.05) is 13.1 Å². The maximum absolute atomic E-state index is 12.1. The van der Waals surface area contributed by atoms with Crippen molar-refractivity contribution < 1.29 is 4.79 Å². The van der Waals surface area contributed by atoms with Gasteiger partial charge >= 0.3 is 0 Å². The largest absolute Gasteiger partial charge is 0.353 e. The molecule has 0 aliphatic carbocycles. The Morgan fingerprint density at radius 2 is 1.95 bits per heavy atom. The number of likely N-dealkylation sites (tertiary alicyclic amines) is 1. The van der Waals surface area contributed by atoms with Gasteiger partial charge in [-0.05, 0) is 57.0 Å². The number of nitrogens with zero attached hydrogens (tertiary/aromatic N) is 1. The van der Waals surface area contributed by atoms with Crippen LogP contribution in [0.2, 0.25) is 5.02 Å². The molecule has 0 radical (unpaired) electrons. The Balaban J connectivity index is 1.77. The molecule has 0 aromatic heterocycles. The molecule has 1 saturated heterocycles. The van der Waals surface area contributed by atoms with Crippen LogP contribution in [-0.2, 0) is 11.3 Å². The van der Waals surface area contributed by atoms with Crippen LogP contribution in [0.25, 0.3) is 0 Å². The van der Waals surface area contributed by atoms with Crippen LogP contribution in [0.5, 0.6) is 0 Å². The third-order valence-corrected chi connectivity index (χ3v) is 4.53. The van der Waals surface area contributed by atoms with Crippen LogP contribution in [0.1, 0.15) is 38.7 Å². The molecule has 116 valence electrons. The highest BCUT2D eigenvalue weighted by atomic mass is 35.5. The Morgan fingerprint density at radius 3 is 2.52 bits per heavy atom. The van der Waals surface area contributed by atoms with E-state index in [-0.39, 0.29) is 17.9 Å². The van der Waals surface area contributed by atoms with Gasteiger partial charge in [0.05, 0.1) is 0 Å². The standard InChI is InChI=1S/C17H25ClN2O/c1-3-13(2)19-17(21)15-8-10-20(11-9-15)12-14-4-6-16(18)7-5-14/h4-7,13,15H,3,8-12H2,1-2H3,(H,19,21)/t13-/m0/s1. The highest BCUT2D eigenvalue weighted by Gasteiger charge is 2.25. The summed E-state index contributed by atoms with van der Waals surface area (Å²) in [4.78, 5) is 14.5. The summed E-state index contributed by atoms with van der Waals surface area (Å²) in [5, 5.41) is 3.87. The molecular formula is C17H25ClN2O. The first-order valence-electron chi connectivity index (χ1n) is 7.85. The molecule has 1 fully saturated rings. The average molecular weight is 309 g/mol. The minimum absolute atomic E-state index is 0.181. The summed E-state index contributed by atoms with van der Waals surface area (Å²) in [5.74, 6) is 0.413. The van der Waals surface area contributed by atoms with Gasteiger partial charge in [0, 0.05) is 23.5 Å². The van der Waals surface area contributed by atoms with Crippen LogP contribution in [0.4, 0.5) is 0 Å². The van der Waals surface area contributed by atoms with Crippen LogP contribution in [0, 0.1) is 5.92 Å². The molecule has 21 heavy (non-hydrogen) atoms. The molecule has 1 aromatic carbocycles. The Morgan fingerprint density at radius 1 is 1.33 bits per heavy atom. The molecular weight excluding hydrogens is 284 g/mol. The van der Waals surface area contributed by atoms with E-state index < -0.39 is 0 Å². The first-order valence-corrected chi connectivity index (χ1v) is 8.23. The Hall–Kier alpha value is -1.06. The quantitative estimate of drug-likeness (QED) is 0.903. The fourth-order valence-corrected chi connectivity index (χ4v) is 2.79. The second-order valence-corrected chi connectivity index (χ2v) is 6.43. The van der Waals surface area contributed by atoms with E-state index in [0.29, 0.717) is 0 Å². The zero-order valence-corrected chi connectivity index (χ0v) is 13.7. The minimum atomic E-state index is 0.181. The van der Waals surface area contributed by atoms with Gasteiger partial charge < -0.3 is 5.32 Å². The molecule has 0 saturated carbocycles. The first kappa shape index (κ1) is 16.3. The van der Waals surface area contributed by atoms with E-state index in [0.717, 1.165) is 43.9 Å². The lowest BCUT2D eigenvalue weighted by atomic mass is 9.95. The van der Waals surface area contributed by atoms with E-state index >= 15 is 0 Å². The zero-order chi connectivity index (χ0) is 15.2. The average Bonchev–Trinajstić information content (AvgIpc) is 2.50. The van der Waals surface area contributed by atoms with Crippen molar-refractivity contribution in [1.82, 2.24) is 10.2 Å². The zero-order valence-electron chi connectivity index (χ0n) is 12.9. The summed E-state index contributed by atoms with van der Waals surface area (Å²) >= 11 is 5.90.